The monoisotopic (exact) mass is 318 g/mol. The third-order valence-electron chi connectivity index (χ3n) is 3.13. The van der Waals surface area contributed by atoms with Crippen molar-refractivity contribution in [2.45, 2.75) is 25.6 Å². The van der Waals surface area contributed by atoms with Crippen LogP contribution < -0.4 is 5.32 Å². The predicted octanol–water partition coefficient (Wildman–Crippen LogP) is 4.11. The molecular formula is C14H14F4N2S. The van der Waals surface area contributed by atoms with Crippen LogP contribution in [0.25, 0.3) is 0 Å². The largest absolute Gasteiger partial charge is 0.419 e. The number of aryl methyl sites for hydroxylation is 1. The van der Waals surface area contributed by atoms with Crippen LogP contribution in [0.15, 0.2) is 23.6 Å². The standard InChI is InChI=1S/C14H14F4N2S/c1-8-20-10(7-21-8)6-13(19-2)9-3-4-11(12(15)5-9)14(16,17)18/h3-5,7,13,19H,6H2,1-2H3. The number of halogens is 4. The summed E-state index contributed by atoms with van der Waals surface area (Å²) in [4.78, 5) is 4.31. The van der Waals surface area contributed by atoms with Crippen molar-refractivity contribution in [2.75, 3.05) is 7.05 Å². The number of nitrogens with one attached hydrogen (secondary N) is 1. The number of aromatic nitrogens is 1. The van der Waals surface area contributed by atoms with E-state index in [1.165, 1.54) is 17.4 Å². The molecule has 0 spiro atoms. The van der Waals surface area contributed by atoms with E-state index in [1.54, 1.807) is 7.05 Å². The molecule has 1 unspecified atom stereocenters. The number of benzene rings is 1. The van der Waals surface area contributed by atoms with Gasteiger partial charge in [0.2, 0.25) is 0 Å². The Morgan fingerprint density at radius 3 is 2.52 bits per heavy atom. The summed E-state index contributed by atoms with van der Waals surface area (Å²) < 4.78 is 51.3. The highest BCUT2D eigenvalue weighted by Crippen LogP contribution is 2.32. The minimum absolute atomic E-state index is 0.289. The Bertz CT molecular complexity index is 622. The summed E-state index contributed by atoms with van der Waals surface area (Å²) in [6, 6.07) is 2.72. The van der Waals surface area contributed by atoms with Crippen LogP contribution in [0, 0.1) is 12.7 Å². The molecule has 0 bridgehead atoms. The van der Waals surface area contributed by atoms with Crippen molar-refractivity contribution in [3.05, 3.63) is 51.2 Å². The lowest BCUT2D eigenvalue weighted by atomic mass is 10.0. The van der Waals surface area contributed by atoms with Crippen molar-refractivity contribution in [3.8, 4) is 0 Å². The Hall–Kier alpha value is -1.47. The molecule has 21 heavy (non-hydrogen) atoms. The highest BCUT2D eigenvalue weighted by atomic mass is 32.1. The third kappa shape index (κ3) is 3.79. The lowest BCUT2D eigenvalue weighted by Gasteiger charge is -2.17. The number of nitrogens with zero attached hydrogens (tertiary/aromatic N) is 1. The van der Waals surface area contributed by atoms with Gasteiger partial charge in [-0.25, -0.2) is 9.37 Å². The number of likely N-dealkylation sites (N-methyl/N-ethyl adjacent to an activating group) is 1. The van der Waals surface area contributed by atoms with E-state index in [0.29, 0.717) is 12.0 Å². The van der Waals surface area contributed by atoms with E-state index in [1.807, 2.05) is 12.3 Å². The zero-order chi connectivity index (χ0) is 15.6. The van der Waals surface area contributed by atoms with Gasteiger partial charge in [0.05, 0.1) is 16.3 Å². The summed E-state index contributed by atoms with van der Waals surface area (Å²) in [5.41, 5.74) is 0.0522. The Balaban J connectivity index is 2.24. The van der Waals surface area contributed by atoms with Crippen LogP contribution in [0.3, 0.4) is 0 Å². The molecule has 0 amide bonds. The molecule has 0 saturated carbocycles. The maximum absolute atomic E-state index is 13.6. The van der Waals surface area contributed by atoms with E-state index in [2.05, 4.69) is 10.3 Å². The second kappa shape index (κ2) is 6.11. The first-order valence-corrected chi connectivity index (χ1v) is 7.14. The average Bonchev–Trinajstić information content (AvgIpc) is 2.80. The molecule has 2 nitrogen and oxygen atoms in total. The molecule has 0 radical (unpaired) electrons. The van der Waals surface area contributed by atoms with Crippen LogP contribution in [-0.4, -0.2) is 12.0 Å². The fourth-order valence-electron chi connectivity index (χ4n) is 2.08. The summed E-state index contributed by atoms with van der Waals surface area (Å²) in [5, 5.41) is 5.78. The van der Waals surface area contributed by atoms with Gasteiger partial charge in [0.15, 0.2) is 0 Å². The molecule has 7 heteroatoms. The van der Waals surface area contributed by atoms with E-state index < -0.39 is 17.6 Å². The molecule has 1 atom stereocenters. The smallest absolute Gasteiger partial charge is 0.313 e. The normalized spacial score (nSPS) is 13.4. The predicted molar refractivity (Wildman–Crippen MR) is 73.8 cm³/mol. The van der Waals surface area contributed by atoms with Crippen molar-refractivity contribution in [1.82, 2.24) is 10.3 Å². The van der Waals surface area contributed by atoms with Crippen LogP contribution >= 0.6 is 11.3 Å². The molecule has 1 aromatic carbocycles. The second-order valence-electron chi connectivity index (χ2n) is 4.64. The van der Waals surface area contributed by atoms with Gasteiger partial charge in [0.25, 0.3) is 0 Å². The topological polar surface area (TPSA) is 24.9 Å². The SMILES string of the molecule is CNC(Cc1csc(C)n1)c1ccc(C(F)(F)F)c(F)c1. The van der Waals surface area contributed by atoms with Crippen molar-refractivity contribution in [1.29, 1.82) is 0 Å². The fraction of sp³-hybridized carbons (Fsp3) is 0.357. The van der Waals surface area contributed by atoms with Crippen molar-refractivity contribution < 1.29 is 17.6 Å². The number of hydrogen-bond acceptors (Lipinski definition) is 3. The van der Waals surface area contributed by atoms with Crippen LogP contribution in [-0.2, 0) is 12.6 Å². The van der Waals surface area contributed by atoms with Crippen molar-refractivity contribution >= 4 is 11.3 Å². The van der Waals surface area contributed by atoms with Gasteiger partial charge in [-0.1, -0.05) is 6.07 Å². The van der Waals surface area contributed by atoms with E-state index in [4.69, 9.17) is 0 Å². The second-order valence-corrected chi connectivity index (χ2v) is 5.70. The number of rotatable bonds is 4. The molecular weight excluding hydrogens is 304 g/mol. The van der Waals surface area contributed by atoms with E-state index in [0.717, 1.165) is 22.8 Å². The molecule has 0 aliphatic rings. The van der Waals surface area contributed by atoms with Gasteiger partial charge in [-0.3, -0.25) is 0 Å². The van der Waals surface area contributed by atoms with Gasteiger partial charge in [0, 0.05) is 17.8 Å². The van der Waals surface area contributed by atoms with E-state index in [9.17, 15) is 17.6 Å². The molecule has 1 aromatic heterocycles. The third-order valence-corrected chi connectivity index (χ3v) is 3.95. The number of thiazole rings is 1. The lowest BCUT2D eigenvalue weighted by molar-refractivity contribution is -0.140. The summed E-state index contributed by atoms with van der Waals surface area (Å²) in [5.74, 6) is -1.25. The molecule has 0 aliphatic heterocycles. The Morgan fingerprint density at radius 2 is 2.05 bits per heavy atom. The van der Waals surface area contributed by atoms with Crippen LogP contribution in [0.1, 0.15) is 27.9 Å². The molecule has 0 fully saturated rings. The summed E-state index contributed by atoms with van der Waals surface area (Å²) in [6.45, 7) is 1.88. The highest BCUT2D eigenvalue weighted by Gasteiger charge is 2.34. The average molecular weight is 318 g/mol. The first-order valence-electron chi connectivity index (χ1n) is 6.26. The first kappa shape index (κ1) is 15.9. The van der Waals surface area contributed by atoms with Gasteiger partial charge in [-0.05, 0) is 31.7 Å². The van der Waals surface area contributed by atoms with Crippen LogP contribution in [0.4, 0.5) is 17.6 Å². The minimum atomic E-state index is -4.68. The Morgan fingerprint density at radius 1 is 1.33 bits per heavy atom. The first-order chi connectivity index (χ1) is 9.81. The van der Waals surface area contributed by atoms with Crippen LogP contribution in [0.2, 0.25) is 0 Å². The molecule has 1 N–H and O–H groups in total. The van der Waals surface area contributed by atoms with Gasteiger partial charge in [0.1, 0.15) is 5.82 Å². The van der Waals surface area contributed by atoms with E-state index >= 15 is 0 Å². The fourth-order valence-corrected chi connectivity index (χ4v) is 2.70. The molecule has 2 rings (SSSR count). The van der Waals surface area contributed by atoms with Crippen molar-refractivity contribution in [3.63, 3.8) is 0 Å². The number of hydrogen-bond donors (Lipinski definition) is 1. The number of alkyl halides is 3. The molecule has 1 heterocycles. The van der Waals surface area contributed by atoms with Gasteiger partial charge < -0.3 is 5.32 Å². The van der Waals surface area contributed by atoms with Gasteiger partial charge in [-0.2, -0.15) is 13.2 Å². The van der Waals surface area contributed by atoms with E-state index in [-0.39, 0.29) is 6.04 Å². The highest BCUT2D eigenvalue weighted by molar-refractivity contribution is 7.09. The summed E-state index contributed by atoms with van der Waals surface area (Å²) in [6.07, 6.45) is -4.19. The molecule has 0 saturated heterocycles. The van der Waals surface area contributed by atoms with Gasteiger partial charge >= 0.3 is 6.18 Å². The molecule has 114 valence electrons. The summed E-state index contributed by atoms with van der Waals surface area (Å²) in [7, 11) is 1.68. The Kier molecular flexibility index (Phi) is 4.63. The van der Waals surface area contributed by atoms with Gasteiger partial charge in [-0.15, -0.1) is 11.3 Å². The van der Waals surface area contributed by atoms with Crippen LogP contribution in [0.5, 0.6) is 0 Å². The summed E-state index contributed by atoms with van der Waals surface area (Å²) >= 11 is 1.50. The lowest BCUT2D eigenvalue weighted by Crippen LogP contribution is -2.20. The maximum atomic E-state index is 13.6. The maximum Gasteiger partial charge on any atom is 0.419 e. The zero-order valence-corrected chi connectivity index (χ0v) is 12.3. The minimum Gasteiger partial charge on any atom is -0.313 e. The molecule has 2 aromatic rings. The quantitative estimate of drug-likeness (QED) is 0.858. The zero-order valence-electron chi connectivity index (χ0n) is 11.5. The Labute approximate surface area is 123 Å². The van der Waals surface area contributed by atoms with Crippen molar-refractivity contribution in [2.24, 2.45) is 0 Å². The molecule has 0 aliphatic carbocycles.